The number of benzene rings is 1. The Hall–Kier alpha value is -1.00. The predicted molar refractivity (Wildman–Crippen MR) is 82.4 cm³/mol. The van der Waals surface area contributed by atoms with Crippen LogP contribution < -0.4 is 10.6 Å². The maximum absolute atomic E-state index is 11.4. The summed E-state index contributed by atoms with van der Waals surface area (Å²) in [6.45, 7) is 8.93. The highest BCUT2D eigenvalue weighted by Gasteiger charge is 2.02. The molecule has 0 radical (unpaired) electrons. The van der Waals surface area contributed by atoms with E-state index < -0.39 is 0 Å². The lowest BCUT2D eigenvalue weighted by Gasteiger charge is -2.08. The predicted octanol–water partition coefficient (Wildman–Crippen LogP) is 2.66. The van der Waals surface area contributed by atoms with Gasteiger partial charge in [0.05, 0.1) is 5.75 Å². The van der Waals surface area contributed by atoms with E-state index in [1.807, 2.05) is 13.0 Å². The van der Waals surface area contributed by atoms with Crippen molar-refractivity contribution >= 4 is 17.7 Å². The van der Waals surface area contributed by atoms with Crippen molar-refractivity contribution in [1.82, 2.24) is 10.6 Å². The molecule has 0 heterocycles. The van der Waals surface area contributed by atoms with Gasteiger partial charge in [-0.1, -0.05) is 26.0 Å². The maximum atomic E-state index is 11.4. The molecule has 0 aromatic heterocycles. The molecule has 4 heteroatoms. The second-order valence-electron chi connectivity index (χ2n) is 4.91. The molecule has 1 aromatic carbocycles. The molecule has 19 heavy (non-hydrogen) atoms. The molecular weight excluding hydrogens is 256 g/mol. The maximum Gasteiger partial charge on any atom is 0.230 e. The number of thioether (sulfide) groups is 1. The first-order valence-corrected chi connectivity index (χ1v) is 7.79. The van der Waals surface area contributed by atoms with Crippen LogP contribution in [0, 0.1) is 5.92 Å². The van der Waals surface area contributed by atoms with Crippen molar-refractivity contribution in [3.05, 3.63) is 29.8 Å². The van der Waals surface area contributed by atoms with E-state index in [4.69, 9.17) is 0 Å². The second kappa shape index (κ2) is 8.99. The van der Waals surface area contributed by atoms with Gasteiger partial charge in [-0.25, -0.2) is 0 Å². The molecule has 0 saturated carbocycles. The topological polar surface area (TPSA) is 41.1 Å². The van der Waals surface area contributed by atoms with Gasteiger partial charge in [-0.3, -0.25) is 4.79 Å². The van der Waals surface area contributed by atoms with Crippen molar-refractivity contribution in [3.63, 3.8) is 0 Å². The molecule has 1 amide bonds. The first-order valence-electron chi connectivity index (χ1n) is 6.81. The van der Waals surface area contributed by atoms with Crippen LogP contribution >= 0.6 is 11.8 Å². The molecule has 0 aliphatic heterocycles. The fourth-order valence-electron chi connectivity index (χ4n) is 1.65. The molecule has 2 N–H and O–H groups in total. The largest absolute Gasteiger partial charge is 0.356 e. The van der Waals surface area contributed by atoms with Crippen LogP contribution in [0.3, 0.4) is 0 Å². The van der Waals surface area contributed by atoms with E-state index >= 15 is 0 Å². The van der Waals surface area contributed by atoms with Gasteiger partial charge in [0, 0.05) is 18.0 Å². The zero-order chi connectivity index (χ0) is 14.1. The zero-order valence-electron chi connectivity index (χ0n) is 12.0. The number of hydrogen-bond donors (Lipinski definition) is 2. The number of carbonyl (C=O) groups excluding carboxylic acids is 1. The van der Waals surface area contributed by atoms with Crippen molar-refractivity contribution in [1.29, 1.82) is 0 Å². The van der Waals surface area contributed by atoms with E-state index in [0.29, 0.717) is 18.2 Å². The standard InChI is InChI=1S/C15H24N2OS/c1-4-17-15(18)11-19-14-7-5-6-13(8-14)10-16-9-12(2)3/h5-8,12,16H,4,9-11H2,1-3H3,(H,17,18). The van der Waals surface area contributed by atoms with Crippen LogP contribution in [0.25, 0.3) is 0 Å². The highest BCUT2D eigenvalue weighted by atomic mass is 32.2. The summed E-state index contributed by atoms with van der Waals surface area (Å²) in [6, 6.07) is 8.36. The summed E-state index contributed by atoms with van der Waals surface area (Å²) >= 11 is 1.58. The van der Waals surface area contributed by atoms with Gasteiger partial charge in [-0.2, -0.15) is 0 Å². The van der Waals surface area contributed by atoms with Crippen LogP contribution in [-0.4, -0.2) is 24.7 Å². The third-order valence-electron chi connectivity index (χ3n) is 2.52. The SMILES string of the molecule is CCNC(=O)CSc1cccc(CNCC(C)C)c1. The smallest absolute Gasteiger partial charge is 0.230 e. The minimum Gasteiger partial charge on any atom is -0.356 e. The van der Waals surface area contributed by atoms with Crippen LogP contribution in [0.5, 0.6) is 0 Å². The van der Waals surface area contributed by atoms with Crippen LogP contribution in [0.1, 0.15) is 26.3 Å². The average Bonchev–Trinajstić information content (AvgIpc) is 2.37. The molecule has 0 fully saturated rings. The van der Waals surface area contributed by atoms with Gasteiger partial charge in [0.25, 0.3) is 0 Å². The van der Waals surface area contributed by atoms with Crippen molar-refractivity contribution in [2.24, 2.45) is 5.92 Å². The fourth-order valence-corrected chi connectivity index (χ4v) is 2.46. The quantitative estimate of drug-likeness (QED) is 0.719. The van der Waals surface area contributed by atoms with Crippen LogP contribution in [0.2, 0.25) is 0 Å². The van der Waals surface area contributed by atoms with Gasteiger partial charge in [0.2, 0.25) is 5.91 Å². The summed E-state index contributed by atoms with van der Waals surface area (Å²) in [5.41, 5.74) is 1.27. The van der Waals surface area contributed by atoms with Gasteiger partial charge >= 0.3 is 0 Å². The summed E-state index contributed by atoms with van der Waals surface area (Å²) in [7, 11) is 0. The normalized spacial score (nSPS) is 10.7. The first kappa shape index (κ1) is 16.1. The minimum absolute atomic E-state index is 0.0934. The minimum atomic E-state index is 0.0934. The molecule has 0 unspecified atom stereocenters. The Bertz CT molecular complexity index is 393. The van der Waals surface area contributed by atoms with Gasteiger partial charge in [-0.15, -0.1) is 11.8 Å². The highest BCUT2D eigenvalue weighted by Crippen LogP contribution is 2.18. The molecule has 0 saturated heterocycles. The van der Waals surface area contributed by atoms with Crippen LogP contribution in [-0.2, 0) is 11.3 Å². The molecular formula is C15H24N2OS. The third-order valence-corrected chi connectivity index (χ3v) is 3.52. The summed E-state index contributed by atoms with van der Waals surface area (Å²) < 4.78 is 0. The summed E-state index contributed by atoms with van der Waals surface area (Å²) in [5, 5.41) is 6.23. The molecule has 0 aliphatic carbocycles. The first-order chi connectivity index (χ1) is 9.11. The summed E-state index contributed by atoms with van der Waals surface area (Å²) in [4.78, 5) is 12.6. The van der Waals surface area contributed by atoms with E-state index in [2.05, 4.69) is 42.7 Å². The van der Waals surface area contributed by atoms with Crippen molar-refractivity contribution in [3.8, 4) is 0 Å². The van der Waals surface area contributed by atoms with E-state index in [9.17, 15) is 4.79 Å². The molecule has 0 atom stereocenters. The van der Waals surface area contributed by atoms with Crippen molar-refractivity contribution < 1.29 is 4.79 Å². The van der Waals surface area contributed by atoms with Crippen molar-refractivity contribution in [2.75, 3.05) is 18.8 Å². The van der Waals surface area contributed by atoms with Crippen LogP contribution in [0.4, 0.5) is 0 Å². The summed E-state index contributed by atoms with van der Waals surface area (Å²) in [6.07, 6.45) is 0. The Balaban J connectivity index is 2.41. The van der Waals surface area contributed by atoms with Crippen molar-refractivity contribution in [2.45, 2.75) is 32.2 Å². The lowest BCUT2D eigenvalue weighted by molar-refractivity contribution is -0.118. The number of hydrogen-bond acceptors (Lipinski definition) is 3. The Morgan fingerprint density at radius 3 is 2.84 bits per heavy atom. The summed E-state index contributed by atoms with van der Waals surface area (Å²) in [5.74, 6) is 1.24. The molecule has 1 rings (SSSR count). The van der Waals surface area contributed by atoms with E-state index in [1.54, 1.807) is 11.8 Å². The molecule has 3 nitrogen and oxygen atoms in total. The Morgan fingerprint density at radius 2 is 2.16 bits per heavy atom. The Morgan fingerprint density at radius 1 is 1.37 bits per heavy atom. The number of rotatable bonds is 8. The number of carbonyl (C=O) groups is 1. The fraction of sp³-hybridized carbons (Fsp3) is 0.533. The number of nitrogens with one attached hydrogen (secondary N) is 2. The van der Waals surface area contributed by atoms with Gasteiger partial charge in [-0.05, 0) is 37.1 Å². The highest BCUT2D eigenvalue weighted by molar-refractivity contribution is 8.00. The van der Waals surface area contributed by atoms with Gasteiger partial charge in [0.1, 0.15) is 0 Å². The number of amides is 1. The van der Waals surface area contributed by atoms with Crippen LogP contribution in [0.15, 0.2) is 29.2 Å². The lowest BCUT2D eigenvalue weighted by atomic mass is 10.2. The van der Waals surface area contributed by atoms with Gasteiger partial charge in [0.15, 0.2) is 0 Å². The molecule has 0 aliphatic rings. The molecule has 0 bridgehead atoms. The average molecular weight is 280 g/mol. The third kappa shape index (κ3) is 7.23. The van der Waals surface area contributed by atoms with Gasteiger partial charge < -0.3 is 10.6 Å². The Kier molecular flexibility index (Phi) is 7.60. The molecule has 1 aromatic rings. The van der Waals surface area contributed by atoms with E-state index in [1.165, 1.54) is 5.56 Å². The second-order valence-corrected chi connectivity index (χ2v) is 5.96. The van der Waals surface area contributed by atoms with E-state index in [0.717, 1.165) is 18.0 Å². The zero-order valence-corrected chi connectivity index (χ0v) is 12.8. The van der Waals surface area contributed by atoms with E-state index in [-0.39, 0.29) is 5.91 Å². The monoisotopic (exact) mass is 280 g/mol. The molecule has 0 spiro atoms. The Labute approximate surface area is 120 Å². The molecule has 106 valence electrons. The lowest BCUT2D eigenvalue weighted by Crippen LogP contribution is -2.24.